The van der Waals surface area contributed by atoms with E-state index in [9.17, 15) is 9.59 Å². The van der Waals surface area contributed by atoms with Gasteiger partial charge in [0.05, 0.1) is 5.69 Å². The Kier molecular flexibility index (Phi) is 4.62. The molecule has 3 rings (SSSR count). The van der Waals surface area contributed by atoms with Crippen molar-refractivity contribution in [2.75, 3.05) is 12.1 Å². The fraction of sp³-hybridized carbons (Fsp3) is 0.294. The van der Waals surface area contributed by atoms with Crippen molar-refractivity contribution in [2.45, 2.75) is 26.2 Å². The predicted octanol–water partition coefficient (Wildman–Crippen LogP) is 3.64. The Morgan fingerprint density at radius 2 is 2.04 bits per heavy atom. The van der Waals surface area contributed by atoms with E-state index in [1.54, 1.807) is 23.5 Å². The van der Waals surface area contributed by atoms with Crippen LogP contribution in [0.1, 0.15) is 35.0 Å². The van der Waals surface area contributed by atoms with Gasteiger partial charge in [0.1, 0.15) is 0 Å². The molecule has 0 saturated heterocycles. The van der Waals surface area contributed by atoms with E-state index in [0.29, 0.717) is 29.2 Å². The fourth-order valence-electron chi connectivity index (χ4n) is 2.43. The first kappa shape index (κ1) is 15.6. The fourth-order valence-corrected chi connectivity index (χ4v) is 3.18. The molecule has 0 saturated carbocycles. The second-order valence-electron chi connectivity index (χ2n) is 5.29. The highest BCUT2D eigenvalue weighted by molar-refractivity contribution is 7.09. The lowest BCUT2D eigenvalue weighted by atomic mass is 10.1. The van der Waals surface area contributed by atoms with Gasteiger partial charge in [-0.15, -0.1) is 11.3 Å². The monoisotopic (exact) mass is 331 g/mol. The van der Waals surface area contributed by atoms with Crippen LogP contribution >= 0.6 is 11.3 Å². The van der Waals surface area contributed by atoms with E-state index in [1.165, 1.54) is 11.8 Å². The van der Waals surface area contributed by atoms with Gasteiger partial charge >= 0.3 is 0 Å². The van der Waals surface area contributed by atoms with E-state index < -0.39 is 0 Å². The summed E-state index contributed by atoms with van der Waals surface area (Å²) in [4.78, 5) is 25.2. The average molecular weight is 331 g/mol. The predicted molar refractivity (Wildman–Crippen MR) is 88.5 cm³/mol. The Hall–Kier alpha value is -2.34. The third-order valence-corrected chi connectivity index (χ3v) is 4.51. The number of ketones is 1. The average Bonchev–Trinajstić information content (AvgIpc) is 3.16. The molecule has 1 aliphatic heterocycles. The van der Waals surface area contributed by atoms with Gasteiger partial charge in [0.2, 0.25) is 12.7 Å². The van der Waals surface area contributed by atoms with Gasteiger partial charge in [-0.05, 0) is 37.3 Å². The molecule has 2 heterocycles. The smallest absolute Gasteiger partial charge is 0.231 e. The molecule has 5 nitrogen and oxygen atoms in total. The summed E-state index contributed by atoms with van der Waals surface area (Å²) < 4.78 is 10.6. The molecule has 0 atom stereocenters. The van der Waals surface area contributed by atoms with Gasteiger partial charge < -0.3 is 14.8 Å². The maximum absolute atomic E-state index is 12.1. The maximum Gasteiger partial charge on any atom is 0.231 e. The van der Waals surface area contributed by atoms with Crippen molar-refractivity contribution in [3.63, 3.8) is 0 Å². The molecular weight excluding hydrogens is 314 g/mol. The van der Waals surface area contributed by atoms with Gasteiger partial charge in [0.15, 0.2) is 17.3 Å². The number of hydrogen-bond donors (Lipinski definition) is 1. The summed E-state index contributed by atoms with van der Waals surface area (Å²) in [5.41, 5.74) is 0.906. The zero-order valence-electron chi connectivity index (χ0n) is 12.8. The number of nitrogens with one attached hydrogen (secondary N) is 1. The molecule has 1 aromatic heterocycles. The van der Waals surface area contributed by atoms with Crippen LogP contribution in [0.3, 0.4) is 0 Å². The first-order valence-corrected chi connectivity index (χ1v) is 8.28. The lowest BCUT2D eigenvalue weighted by Crippen LogP contribution is -2.14. The van der Waals surface area contributed by atoms with Gasteiger partial charge in [0.25, 0.3) is 0 Å². The Bertz CT molecular complexity index is 724. The number of aryl methyl sites for hydroxylation is 1. The van der Waals surface area contributed by atoms with Crippen molar-refractivity contribution >= 4 is 28.7 Å². The second kappa shape index (κ2) is 6.83. The van der Waals surface area contributed by atoms with Crippen molar-refractivity contribution in [2.24, 2.45) is 0 Å². The first-order valence-electron chi connectivity index (χ1n) is 7.40. The van der Waals surface area contributed by atoms with Gasteiger partial charge in [-0.25, -0.2) is 0 Å². The lowest BCUT2D eigenvalue weighted by molar-refractivity contribution is -0.116. The highest BCUT2D eigenvalue weighted by Crippen LogP contribution is 2.37. The lowest BCUT2D eigenvalue weighted by Gasteiger charge is -2.10. The number of carbonyl (C=O) groups is 2. The molecule has 6 heteroatoms. The number of thiophene rings is 1. The standard InChI is InChI=1S/C17H17NO4S/c1-11(19)13-8-15-16(22-10-21-15)9-14(13)18-17(20)6-2-4-12-5-3-7-23-12/h3,5,7-9H,2,4,6,10H2,1H3,(H,18,20). The number of benzene rings is 1. The zero-order chi connectivity index (χ0) is 16.2. The van der Waals surface area contributed by atoms with E-state index >= 15 is 0 Å². The number of carbonyl (C=O) groups excluding carboxylic acids is 2. The molecule has 1 aromatic carbocycles. The molecule has 0 aliphatic carbocycles. The Labute approximate surface area is 138 Å². The molecule has 0 bridgehead atoms. The number of anilines is 1. The molecule has 0 spiro atoms. The molecule has 1 N–H and O–H groups in total. The summed E-state index contributed by atoms with van der Waals surface area (Å²) in [6, 6.07) is 7.34. The van der Waals surface area contributed by atoms with Gasteiger partial charge in [-0.1, -0.05) is 6.07 Å². The van der Waals surface area contributed by atoms with Gasteiger partial charge in [-0.3, -0.25) is 9.59 Å². The minimum Gasteiger partial charge on any atom is -0.454 e. The van der Waals surface area contributed by atoms with Crippen LogP contribution in [0.2, 0.25) is 0 Å². The van der Waals surface area contributed by atoms with Crippen molar-refractivity contribution in [3.05, 3.63) is 40.1 Å². The van der Waals surface area contributed by atoms with Crippen molar-refractivity contribution in [1.82, 2.24) is 0 Å². The molecule has 1 aliphatic rings. The number of amides is 1. The minimum atomic E-state index is -0.128. The van der Waals surface area contributed by atoms with Crippen molar-refractivity contribution in [1.29, 1.82) is 0 Å². The highest BCUT2D eigenvalue weighted by Gasteiger charge is 2.20. The normalized spacial score (nSPS) is 12.2. The Morgan fingerprint density at radius 1 is 1.26 bits per heavy atom. The van der Waals surface area contributed by atoms with Gasteiger partial charge in [0, 0.05) is 22.9 Å². The third kappa shape index (κ3) is 3.71. The summed E-state index contributed by atoms with van der Waals surface area (Å²) in [7, 11) is 0. The highest BCUT2D eigenvalue weighted by atomic mass is 32.1. The van der Waals surface area contributed by atoms with Crippen LogP contribution in [0.4, 0.5) is 5.69 Å². The summed E-state index contributed by atoms with van der Waals surface area (Å²) in [6.07, 6.45) is 2.06. The molecule has 23 heavy (non-hydrogen) atoms. The van der Waals surface area contributed by atoms with E-state index in [2.05, 4.69) is 11.4 Å². The van der Waals surface area contributed by atoms with Crippen LogP contribution in [-0.4, -0.2) is 18.5 Å². The van der Waals surface area contributed by atoms with E-state index in [0.717, 1.165) is 12.8 Å². The minimum absolute atomic E-state index is 0.108. The van der Waals surface area contributed by atoms with Crippen LogP contribution in [0.5, 0.6) is 11.5 Å². The summed E-state index contributed by atoms with van der Waals surface area (Å²) >= 11 is 1.69. The second-order valence-corrected chi connectivity index (χ2v) is 6.32. The molecule has 0 radical (unpaired) electrons. The molecular formula is C17H17NO4S. The van der Waals surface area contributed by atoms with Crippen LogP contribution in [0, 0.1) is 0 Å². The van der Waals surface area contributed by atoms with Crippen LogP contribution in [0.25, 0.3) is 0 Å². The Balaban J connectivity index is 1.64. The Morgan fingerprint density at radius 3 is 2.74 bits per heavy atom. The van der Waals surface area contributed by atoms with E-state index in [4.69, 9.17) is 9.47 Å². The molecule has 120 valence electrons. The van der Waals surface area contributed by atoms with Crippen molar-refractivity contribution in [3.8, 4) is 11.5 Å². The quantitative estimate of drug-likeness (QED) is 0.821. The number of ether oxygens (including phenoxy) is 2. The summed E-state index contributed by atoms with van der Waals surface area (Å²) in [6.45, 7) is 1.59. The van der Waals surface area contributed by atoms with Crippen LogP contribution in [-0.2, 0) is 11.2 Å². The van der Waals surface area contributed by atoms with Crippen molar-refractivity contribution < 1.29 is 19.1 Å². The maximum atomic E-state index is 12.1. The summed E-state index contributed by atoms with van der Waals surface area (Å²) in [5.74, 6) is 0.842. The number of Topliss-reactive ketones (excluding diaryl/α,β-unsaturated/α-hetero) is 1. The number of hydrogen-bond acceptors (Lipinski definition) is 5. The first-order chi connectivity index (χ1) is 11.1. The van der Waals surface area contributed by atoms with E-state index in [1.807, 2.05) is 11.4 Å². The zero-order valence-corrected chi connectivity index (χ0v) is 13.6. The molecule has 0 fully saturated rings. The molecule has 1 amide bonds. The SMILES string of the molecule is CC(=O)c1cc2c(cc1NC(=O)CCCc1cccs1)OCO2. The number of rotatable bonds is 6. The molecule has 0 unspecified atom stereocenters. The molecule has 2 aromatic rings. The number of fused-ring (bicyclic) bond motifs is 1. The third-order valence-electron chi connectivity index (χ3n) is 3.57. The summed E-state index contributed by atoms with van der Waals surface area (Å²) in [5, 5.41) is 4.84. The van der Waals surface area contributed by atoms with Crippen LogP contribution in [0.15, 0.2) is 29.6 Å². The topological polar surface area (TPSA) is 64.6 Å². The van der Waals surface area contributed by atoms with Crippen LogP contribution < -0.4 is 14.8 Å². The van der Waals surface area contributed by atoms with E-state index in [-0.39, 0.29) is 18.5 Å². The largest absolute Gasteiger partial charge is 0.454 e. The van der Waals surface area contributed by atoms with Gasteiger partial charge in [-0.2, -0.15) is 0 Å².